The van der Waals surface area contributed by atoms with Gasteiger partial charge in [0.1, 0.15) is 6.54 Å². The van der Waals surface area contributed by atoms with E-state index in [4.69, 9.17) is 5.11 Å². The molecule has 0 aliphatic heterocycles. The highest BCUT2D eigenvalue weighted by Gasteiger charge is 2.17. The smallest absolute Gasteiger partial charge is 0.389 e. The first-order chi connectivity index (χ1) is 11.9. The molecule has 1 unspecified atom stereocenters. The van der Waals surface area contributed by atoms with Crippen molar-refractivity contribution < 1.29 is 19.6 Å². The number of carboxylic acid groups (broad SMARTS) is 1. The third kappa shape index (κ3) is 6.05. The van der Waals surface area contributed by atoms with Crippen molar-refractivity contribution in [2.45, 2.75) is 31.8 Å². The maximum atomic E-state index is 12.1. The zero-order valence-electron chi connectivity index (χ0n) is 13.4. The molecule has 2 aromatic rings. The highest BCUT2D eigenvalue weighted by molar-refractivity contribution is 5.76. The maximum Gasteiger partial charge on any atom is 0.389 e. The molecule has 0 aliphatic carbocycles. The van der Waals surface area contributed by atoms with Crippen molar-refractivity contribution in [2.24, 2.45) is 0 Å². The summed E-state index contributed by atoms with van der Waals surface area (Å²) >= 11 is 0. The van der Waals surface area contributed by atoms with E-state index >= 15 is 0 Å². The zero-order valence-corrected chi connectivity index (χ0v) is 13.4. The number of benzene rings is 1. The lowest BCUT2D eigenvalue weighted by atomic mass is 10.0. The minimum Gasteiger partial charge on any atom is -0.481 e. The number of rotatable bonds is 9. The third-order valence-corrected chi connectivity index (χ3v) is 3.52. The Hall–Kier alpha value is -3.23. The molecule has 9 heteroatoms. The largest absolute Gasteiger partial charge is 0.481 e. The van der Waals surface area contributed by atoms with Crippen LogP contribution in [-0.2, 0) is 22.6 Å². The Morgan fingerprint density at radius 3 is 2.60 bits per heavy atom. The quantitative estimate of drug-likeness (QED) is 0.521. The fourth-order valence-electron chi connectivity index (χ4n) is 2.38. The topological polar surface area (TPSA) is 127 Å². The SMILES string of the molecule is O=C(O)CCC(Cc1ccccc1)NC(=O)Cn1ccc([N+](=O)[O-])n1. The third-order valence-electron chi connectivity index (χ3n) is 3.52. The number of hydrogen-bond acceptors (Lipinski definition) is 5. The van der Waals surface area contributed by atoms with Gasteiger partial charge in [0.25, 0.3) is 0 Å². The summed E-state index contributed by atoms with van der Waals surface area (Å²) in [6.07, 6.45) is 2.07. The van der Waals surface area contributed by atoms with Gasteiger partial charge < -0.3 is 20.5 Å². The van der Waals surface area contributed by atoms with Gasteiger partial charge in [0.05, 0.1) is 17.4 Å². The van der Waals surface area contributed by atoms with Crippen LogP contribution in [0.1, 0.15) is 18.4 Å². The van der Waals surface area contributed by atoms with E-state index in [-0.39, 0.29) is 37.2 Å². The Balaban J connectivity index is 1.97. The molecule has 0 saturated heterocycles. The molecule has 0 fully saturated rings. The van der Waals surface area contributed by atoms with E-state index in [1.807, 2.05) is 30.3 Å². The van der Waals surface area contributed by atoms with Crippen molar-refractivity contribution in [3.8, 4) is 0 Å². The predicted molar refractivity (Wildman–Crippen MR) is 87.8 cm³/mol. The monoisotopic (exact) mass is 346 g/mol. The lowest BCUT2D eigenvalue weighted by molar-refractivity contribution is -0.389. The second-order valence-corrected chi connectivity index (χ2v) is 5.52. The molecular formula is C16H18N4O5. The zero-order chi connectivity index (χ0) is 18.2. The number of nitro groups is 1. The van der Waals surface area contributed by atoms with E-state index in [0.29, 0.717) is 6.42 Å². The molecule has 0 saturated carbocycles. The lowest BCUT2D eigenvalue weighted by Gasteiger charge is -2.18. The maximum absolute atomic E-state index is 12.1. The number of nitrogens with zero attached hydrogens (tertiary/aromatic N) is 3. The molecule has 2 rings (SSSR count). The molecule has 0 spiro atoms. The summed E-state index contributed by atoms with van der Waals surface area (Å²) in [6, 6.07) is 10.3. The highest BCUT2D eigenvalue weighted by Crippen LogP contribution is 2.09. The van der Waals surface area contributed by atoms with E-state index in [2.05, 4.69) is 10.4 Å². The molecule has 0 aliphatic rings. The standard InChI is InChI=1S/C16H18N4O5/c21-15(11-19-9-8-14(18-19)20(24)25)17-13(6-7-16(22)23)10-12-4-2-1-3-5-12/h1-5,8-9,13H,6-7,10-11H2,(H,17,21)(H,22,23). The molecule has 1 amide bonds. The van der Waals surface area contributed by atoms with Gasteiger partial charge in [0.2, 0.25) is 5.91 Å². The number of carboxylic acids is 1. The fourth-order valence-corrected chi connectivity index (χ4v) is 2.38. The Morgan fingerprint density at radius 2 is 2.00 bits per heavy atom. The van der Waals surface area contributed by atoms with Crippen LogP contribution in [0.2, 0.25) is 0 Å². The minimum atomic E-state index is -0.935. The summed E-state index contributed by atoms with van der Waals surface area (Å²) in [5.41, 5.74) is 0.980. The molecule has 1 aromatic carbocycles. The number of carbonyl (C=O) groups is 2. The second-order valence-electron chi connectivity index (χ2n) is 5.52. The van der Waals surface area contributed by atoms with Crippen LogP contribution in [0, 0.1) is 10.1 Å². The highest BCUT2D eigenvalue weighted by atomic mass is 16.6. The summed E-state index contributed by atoms with van der Waals surface area (Å²) in [6.45, 7) is -0.174. The lowest BCUT2D eigenvalue weighted by Crippen LogP contribution is -2.39. The van der Waals surface area contributed by atoms with Crippen LogP contribution >= 0.6 is 0 Å². The Labute approximate surface area is 143 Å². The van der Waals surface area contributed by atoms with Gasteiger partial charge in [-0.1, -0.05) is 30.3 Å². The van der Waals surface area contributed by atoms with Crippen LogP contribution in [0.4, 0.5) is 5.82 Å². The van der Waals surface area contributed by atoms with Gasteiger partial charge in [-0.3, -0.25) is 9.59 Å². The number of hydrogen-bond donors (Lipinski definition) is 2. The van der Waals surface area contributed by atoms with E-state index in [1.54, 1.807) is 0 Å². The number of aromatic nitrogens is 2. The molecule has 0 radical (unpaired) electrons. The molecule has 0 bridgehead atoms. The van der Waals surface area contributed by atoms with Crippen LogP contribution in [0.3, 0.4) is 0 Å². The Morgan fingerprint density at radius 1 is 1.28 bits per heavy atom. The summed E-state index contributed by atoms with van der Waals surface area (Å²) < 4.78 is 1.17. The van der Waals surface area contributed by atoms with Crippen molar-refractivity contribution in [3.63, 3.8) is 0 Å². The van der Waals surface area contributed by atoms with Crippen LogP contribution in [0.25, 0.3) is 0 Å². The molecule has 2 N–H and O–H groups in total. The second kappa shape index (κ2) is 8.57. The Bertz CT molecular complexity index is 744. The van der Waals surface area contributed by atoms with E-state index in [1.165, 1.54) is 16.9 Å². The summed E-state index contributed by atoms with van der Waals surface area (Å²) in [7, 11) is 0. The first kappa shape index (κ1) is 18.1. The number of aliphatic carboxylic acids is 1. The van der Waals surface area contributed by atoms with Crippen LogP contribution < -0.4 is 5.32 Å². The van der Waals surface area contributed by atoms with Crippen LogP contribution in [-0.4, -0.2) is 37.7 Å². The average Bonchev–Trinajstić information content (AvgIpc) is 3.02. The first-order valence-corrected chi connectivity index (χ1v) is 7.67. The van der Waals surface area contributed by atoms with Gasteiger partial charge in [-0.15, -0.1) is 0 Å². The molecule has 132 valence electrons. The van der Waals surface area contributed by atoms with Gasteiger partial charge in [0.15, 0.2) is 0 Å². The molecule has 1 aromatic heterocycles. The van der Waals surface area contributed by atoms with Gasteiger partial charge in [-0.25, -0.2) is 0 Å². The number of amides is 1. The molecule has 1 heterocycles. The molecule has 1 atom stereocenters. The Kier molecular flexibility index (Phi) is 6.21. The minimum absolute atomic E-state index is 0.0645. The van der Waals surface area contributed by atoms with E-state index in [9.17, 15) is 19.7 Å². The first-order valence-electron chi connectivity index (χ1n) is 7.67. The number of nitrogens with one attached hydrogen (secondary N) is 1. The summed E-state index contributed by atoms with van der Waals surface area (Å²) in [5.74, 6) is -1.65. The molecule has 9 nitrogen and oxygen atoms in total. The van der Waals surface area contributed by atoms with Crippen molar-refractivity contribution >= 4 is 17.7 Å². The number of carbonyl (C=O) groups excluding carboxylic acids is 1. The molecular weight excluding hydrogens is 328 g/mol. The van der Waals surface area contributed by atoms with Crippen molar-refractivity contribution in [1.82, 2.24) is 15.1 Å². The van der Waals surface area contributed by atoms with Crippen LogP contribution in [0.5, 0.6) is 0 Å². The van der Waals surface area contributed by atoms with E-state index < -0.39 is 10.9 Å². The van der Waals surface area contributed by atoms with Crippen molar-refractivity contribution in [2.75, 3.05) is 0 Å². The summed E-state index contributed by atoms with van der Waals surface area (Å²) in [4.78, 5) is 32.9. The van der Waals surface area contributed by atoms with Crippen LogP contribution in [0.15, 0.2) is 42.6 Å². The fraction of sp³-hybridized carbons (Fsp3) is 0.312. The van der Waals surface area contributed by atoms with Gasteiger partial charge in [-0.2, -0.15) is 4.68 Å². The summed E-state index contributed by atoms with van der Waals surface area (Å²) in [5, 5.41) is 25.9. The predicted octanol–water partition coefficient (Wildman–Crippen LogP) is 1.38. The van der Waals surface area contributed by atoms with E-state index in [0.717, 1.165) is 5.56 Å². The van der Waals surface area contributed by atoms with Crippen molar-refractivity contribution in [3.05, 3.63) is 58.3 Å². The normalized spacial score (nSPS) is 11.7. The van der Waals surface area contributed by atoms with Gasteiger partial charge >= 0.3 is 11.8 Å². The average molecular weight is 346 g/mol. The molecule has 25 heavy (non-hydrogen) atoms. The van der Waals surface area contributed by atoms with Gasteiger partial charge in [0, 0.05) is 12.5 Å². The van der Waals surface area contributed by atoms with Gasteiger partial charge in [-0.05, 0) is 23.3 Å². The van der Waals surface area contributed by atoms with Crippen molar-refractivity contribution in [1.29, 1.82) is 0 Å².